The molecule has 1 aromatic rings. The summed E-state index contributed by atoms with van der Waals surface area (Å²) in [6.07, 6.45) is 3.29. The van der Waals surface area contributed by atoms with Crippen LogP contribution in [0.5, 0.6) is 0 Å². The summed E-state index contributed by atoms with van der Waals surface area (Å²) in [5.74, 6) is -0.168. The number of nitrogen functional groups attached to an aromatic ring is 1. The Morgan fingerprint density at radius 2 is 2.07 bits per heavy atom. The number of fused-ring (bicyclic) bond motifs is 1. The maximum atomic E-state index is 12.8. The van der Waals surface area contributed by atoms with Gasteiger partial charge in [-0.25, -0.2) is 0 Å². The summed E-state index contributed by atoms with van der Waals surface area (Å²) in [7, 11) is 0. The van der Waals surface area contributed by atoms with E-state index in [-0.39, 0.29) is 23.8 Å². The minimum atomic E-state index is -0.253. The van der Waals surface area contributed by atoms with E-state index in [4.69, 9.17) is 10.5 Å². The summed E-state index contributed by atoms with van der Waals surface area (Å²) in [6.45, 7) is 5.40. The number of amides is 2. The van der Waals surface area contributed by atoms with E-state index in [1.165, 1.54) is 11.1 Å². The monoisotopic (exact) mass is 386 g/mol. The summed E-state index contributed by atoms with van der Waals surface area (Å²) in [6, 6.07) is 5.97. The first kappa shape index (κ1) is 19.2. The molecule has 7 nitrogen and oxygen atoms in total. The number of anilines is 1. The first-order valence-electron chi connectivity index (χ1n) is 10.4. The number of likely N-dealkylation sites (tertiary alicyclic amines) is 1. The molecule has 0 radical (unpaired) electrons. The van der Waals surface area contributed by atoms with Gasteiger partial charge in [-0.2, -0.15) is 0 Å². The summed E-state index contributed by atoms with van der Waals surface area (Å²) in [5, 5.41) is 3.20. The zero-order chi connectivity index (χ0) is 19.5. The summed E-state index contributed by atoms with van der Waals surface area (Å²) in [4.78, 5) is 29.4. The highest BCUT2D eigenvalue weighted by atomic mass is 16.5. The predicted octanol–water partition coefficient (Wildman–Crippen LogP) is 0.943. The lowest BCUT2D eigenvalue weighted by Gasteiger charge is -2.29. The average Bonchev–Trinajstić information content (AvgIpc) is 3.08. The lowest BCUT2D eigenvalue weighted by Crippen LogP contribution is -2.42. The van der Waals surface area contributed by atoms with E-state index >= 15 is 0 Å². The quantitative estimate of drug-likeness (QED) is 0.736. The molecule has 0 bridgehead atoms. The van der Waals surface area contributed by atoms with Gasteiger partial charge in [0.1, 0.15) is 0 Å². The number of nitrogens with two attached hydrogens (primary N) is 1. The topological polar surface area (TPSA) is 87.9 Å². The molecule has 0 aromatic heterocycles. The summed E-state index contributed by atoms with van der Waals surface area (Å²) in [5.41, 5.74) is 9.06. The van der Waals surface area contributed by atoms with E-state index in [2.05, 4.69) is 10.2 Å². The van der Waals surface area contributed by atoms with Gasteiger partial charge in [0.2, 0.25) is 11.8 Å². The molecular weight excluding hydrogens is 356 g/mol. The molecule has 3 N–H and O–H groups in total. The smallest absolute Gasteiger partial charge is 0.225 e. The third-order valence-electron chi connectivity index (χ3n) is 6.17. The van der Waals surface area contributed by atoms with E-state index in [0.29, 0.717) is 19.5 Å². The van der Waals surface area contributed by atoms with Crippen LogP contribution in [0.15, 0.2) is 18.2 Å². The van der Waals surface area contributed by atoms with Gasteiger partial charge < -0.3 is 20.7 Å². The maximum Gasteiger partial charge on any atom is 0.225 e. The van der Waals surface area contributed by atoms with Gasteiger partial charge in [0.15, 0.2) is 0 Å². The van der Waals surface area contributed by atoms with Crippen LogP contribution in [0.2, 0.25) is 0 Å². The van der Waals surface area contributed by atoms with E-state index in [1.807, 2.05) is 23.1 Å². The van der Waals surface area contributed by atoms with Crippen LogP contribution < -0.4 is 11.1 Å². The molecular formula is C21H30N4O3. The first-order valence-corrected chi connectivity index (χ1v) is 10.4. The third-order valence-corrected chi connectivity index (χ3v) is 6.17. The van der Waals surface area contributed by atoms with Gasteiger partial charge in [0.25, 0.3) is 0 Å². The number of rotatable bonds is 5. The molecule has 2 unspecified atom stereocenters. The van der Waals surface area contributed by atoms with Crippen LogP contribution in [0, 0.1) is 5.92 Å². The van der Waals surface area contributed by atoms with Gasteiger partial charge in [0.05, 0.1) is 25.2 Å². The molecule has 2 fully saturated rings. The first-order chi connectivity index (χ1) is 13.6. The number of hydrogen-bond donors (Lipinski definition) is 2. The Balaban J connectivity index is 1.31. The molecule has 152 valence electrons. The molecule has 1 aromatic carbocycles. The maximum absolute atomic E-state index is 12.8. The predicted molar refractivity (Wildman–Crippen MR) is 107 cm³/mol. The molecule has 2 aliphatic heterocycles. The van der Waals surface area contributed by atoms with Gasteiger partial charge in [-0.1, -0.05) is 6.07 Å². The molecule has 2 saturated heterocycles. The Labute approximate surface area is 166 Å². The fourth-order valence-electron chi connectivity index (χ4n) is 4.52. The van der Waals surface area contributed by atoms with E-state index in [1.54, 1.807) is 0 Å². The standard InChI is InChI=1S/C21H30N4O3/c22-17-4-5-18-15(12-17)2-1-3-19(18)23-21(27)16-13-20(26)25(14-16)7-6-24-8-10-28-11-9-24/h4-5,12,16,19H,1-3,6-11,13-14,22H2,(H,23,27). The molecule has 2 amide bonds. The molecule has 2 atom stereocenters. The zero-order valence-electron chi connectivity index (χ0n) is 16.4. The van der Waals surface area contributed by atoms with Crippen molar-refractivity contribution >= 4 is 17.5 Å². The van der Waals surface area contributed by atoms with Crippen LogP contribution >= 0.6 is 0 Å². The van der Waals surface area contributed by atoms with Crippen molar-refractivity contribution in [3.05, 3.63) is 29.3 Å². The fourth-order valence-corrected chi connectivity index (χ4v) is 4.52. The highest BCUT2D eigenvalue weighted by Crippen LogP contribution is 2.31. The van der Waals surface area contributed by atoms with Crippen LogP contribution in [0.4, 0.5) is 5.69 Å². The Morgan fingerprint density at radius 3 is 2.89 bits per heavy atom. The normalized spacial score (nSPS) is 25.6. The molecule has 2 heterocycles. The van der Waals surface area contributed by atoms with E-state index in [0.717, 1.165) is 57.8 Å². The van der Waals surface area contributed by atoms with Gasteiger partial charge in [-0.15, -0.1) is 0 Å². The van der Waals surface area contributed by atoms with Crippen LogP contribution in [-0.4, -0.2) is 67.6 Å². The Bertz CT molecular complexity index is 732. The number of benzene rings is 1. The molecule has 1 aliphatic carbocycles. The Hall–Kier alpha value is -2.12. The highest BCUT2D eigenvalue weighted by molar-refractivity contribution is 5.89. The molecule has 0 spiro atoms. The van der Waals surface area contributed by atoms with Gasteiger partial charge in [-0.3, -0.25) is 14.5 Å². The van der Waals surface area contributed by atoms with E-state index in [9.17, 15) is 9.59 Å². The van der Waals surface area contributed by atoms with Crippen molar-refractivity contribution in [1.29, 1.82) is 0 Å². The number of nitrogens with one attached hydrogen (secondary N) is 1. The minimum Gasteiger partial charge on any atom is -0.399 e. The van der Waals surface area contributed by atoms with Crippen molar-refractivity contribution in [2.24, 2.45) is 5.92 Å². The van der Waals surface area contributed by atoms with Gasteiger partial charge in [0, 0.05) is 44.8 Å². The number of hydrogen-bond acceptors (Lipinski definition) is 5. The number of ether oxygens (including phenoxy) is 1. The van der Waals surface area contributed by atoms with Gasteiger partial charge in [-0.05, 0) is 42.5 Å². The van der Waals surface area contributed by atoms with Crippen molar-refractivity contribution < 1.29 is 14.3 Å². The van der Waals surface area contributed by atoms with Crippen molar-refractivity contribution in [1.82, 2.24) is 15.1 Å². The van der Waals surface area contributed by atoms with Crippen LogP contribution in [0.25, 0.3) is 0 Å². The summed E-state index contributed by atoms with van der Waals surface area (Å²) >= 11 is 0. The molecule has 7 heteroatoms. The average molecular weight is 386 g/mol. The number of aryl methyl sites for hydroxylation is 1. The highest BCUT2D eigenvalue weighted by Gasteiger charge is 2.35. The second-order valence-electron chi connectivity index (χ2n) is 8.11. The van der Waals surface area contributed by atoms with Gasteiger partial charge >= 0.3 is 0 Å². The van der Waals surface area contributed by atoms with Crippen molar-refractivity contribution in [2.75, 3.05) is 51.7 Å². The van der Waals surface area contributed by atoms with Crippen LogP contribution in [-0.2, 0) is 20.7 Å². The third kappa shape index (κ3) is 4.31. The lowest BCUT2D eigenvalue weighted by atomic mass is 9.87. The fraction of sp³-hybridized carbons (Fsp3) is 0.619. The zero-order valence-corrected chi connectivity index (χ0v) is 16.4. The molecule has 28 heavy (non-hydrogen) atoms. The Morgan fingerprint density at radius 1 is 1.25 bits per heavy atom. The van der Waals surface area contributed by atoms with Crippen molar-refractivity contribution in [3.8, 4) is 0 Å². The molecule has 3 aliphatic rings. The summed E-state index contributed by atoms with van der Waals surface area (Å²) < 4.78 is 5.36. The second-order valence-corrected chi connectivity index (χ2v) is 8.11. The second kappa shape index (κ2) is 8.49. The molecule has 0 saturated carbocycles. The number of nitrogens with zero attached hydrogens (tertiary/aromatic N) is 2. The van der Waals surface area contributed by atoms with E-state index < -0.39 is 0 Å². The van der Waals surface area contributed by atoms with Crippen LogP contribution in [0.1, 0.15) is 36.4 Å². The largest absolute Gasteiger partial charge is 0.399 e. The number of carbonyl (C=O) groups excluding carboxylic acids is 2. The lowest BCUT2D eigenvalue weighted by molar-refractivity contribution is -0.129. The SMILES string of the molecule is Nc1ccc2c(c1)CCCC2NC(=O)C1CC(=O)N(CCN2CCOCC2)C1. The van der Waals surface area contributed by atoms with Crippen molar-refractivity contribution in [2.45, 2.75) is 31.7 Å². The minimum absolute atomic E-state index is 0.00287. The number of carbonyl (C=O) groups is 2. The van der Waals surface area contributed by atoms with Crippen LogP contribution in [0.3, 0.4) is 0 Å². The van der Waals surface area contributed by atoms with Crippen molar-refractivity contribution in [3.63, 3.8) is 0 Å². The Kier molecular flexibility index (Phi) is 5.82. The number of morpholine rings is 1. The molecule has 4 rings (SSSR count).